The van der Waals surface area contributed by atoms with E-state index in [9.17, 15) is 9.59 Å². The second-order valence-electron chi connectivity index (χ2n) is 5.92. The Kier molecular flexibility index (Phi) is 7.21. The van der Waals surface area contributed by atoms with Crippen molar-refractivity contribution in [3.8, 4) is 0 Å². The van der Waals surface area contributed by atoms with Crippen LogP contribution in [0.2, 0.25) is 0 Å². The first-order chi connectivity index (χ1) is 11.7. The zero-order valence-electron chi connectivity index (χ0n) is 14.5. The second-order valence-corrected chi connectivity index (χ2v) is 5.92. The molecular formula is C18H27N3O3. The number of amides is 2. The number of ether oxygens (including phenoxy) is 1. The van der Waals surface area contributed by atoms with Crippen molar-refractivity contribution in [1.29, 1.82) is 0 Å². The first-order valence-corrected chi connectivity index (χ1v) is 8.68. The lowest BCUT2D eigenvalue weighted by Crippen LogP contribution is -2.45. The summed E-state index contributed by atoms with van der Waals surface area (Å²) in [5.74, 6) is -0.128. The molecule has 6 heteroatoms. The Balaban J connectivity index is 1.96. The van der Waals surface area contributed by atoms with E-state index in [-0.39, 0.29) is 11.8 Å². The molecule has 2 amide bonds. The van der Waals surface area contributed by atoms with Gasteiger partial charge in [0.2, 0.25) is 0 Å². The van der Waals surface area contributed by atoms with Crippen molar-refractivity contribution in [2.45, 2.75) is 32.8 Å². The third kappa shape index (κ3) is 5.04. The van der Waals surface area contributed by atoms with Gasteiger partial charge in [-0.2, -0.15) is 0 Å². The van der Waals surface area contributed by atoms with Gasteiger partial charge in [0, 0.05) is 37.4 Å². The Labute approximate surface area is 143 Å². The molecule has 0 radical (unpaired) electrons. The van der Waals surface area contributed by atoms with E-state index in [1.807, 2.05) is 4.90 Å². The van der Waals surface area contributed by atoms with Gasteiger partial charge in [-0.15, -0.1) is 0 Å². The number of morpholine rings is 1. The minimum absolute atomic E-state index is 0.0383. The second kappa shape index (κ2) is 9.39. The average molecular weight is 333 g/mol. The summed E-state index contributed by atoms with van der Waals surface area (Å²) in [5, 5.41) is 5.95. The molecule has 0 saturated carbocycles. The third-order valence-corrected chi connectivity index (χ3v) is 3.89. The van der Waals surface area contributed by atoms with Gasteiger partial charge in [0.15, 0.2) is 0 Å². The first-order valence-electron chi connectivity index (χ1n) is 8.68. The zero-order chi connectivity index (χ0) is 17.4. The van der Waals surface area contributed by atoms with Gasteiger partial charge in [-0.1, -0.05) is 13.8 Å². The van der Waals surface area contributed by atoms with Crippen LogP contribution in [0.25, 0.3) is 0 Å². The van der Waals surface area contributed by atoms with E-state index in [0.29, 0.717) is 24.4 Å². The summed E-state index contributed by atoms with van der Waals surface area (Å²) in [6.45, 7) is 7.48. The normalized spacial score (nSPS) is 17.3. The maximum absolute atomic E-state index is 12.5. The molecule has 0 aliphatic carbocycles. The molecule has 1 saturated heterocycles. The van der Waals surface area contributed by atoms with E-state index in [4.69, 9.17) is 4.74 Å². The Morgan fingerprint density at radius 3 is 2.42 bits per heavy atom. The summed E-state index contributed by atoms with van der Waals surface area (Å²) < 4.78 is 5.42. The van der Waals surface area contributed by atoms with Gasteiger partial charge in [0.1, 0.15) is 6.10 Å². The summed E-state index contributed by atoms with van der Waals surface area (Å²) in [5.41, 5.74) is 1.31. The van der Waals surface area contributed by atoms with E-state index in [1.54, 1.807) is 24.3 Å². The molecule has 1 aliphatic rings. The summed E-state index contributed by atoms with van der Waals surface area (Å²) in [6.07, 6.45) is 1.41. The van der Waals surface area contributed by atoms with E-state index >= 15 is 0 Å². The first kappa shape index (κ1) is 18.4. The summed E-state index contributed by atoms with van der Waals surface area (Å²) >= 11 is 0. The summed E-state index contributed by atoms with van der Waals surface area (Å²) in [6, 6.07) is 7.04. The molecule has 2 N–H and O–H groups in total. The predicted molar refractivity (Wildman–Crippen MR) is 94.2 cm³/mol. The van der Waals surface area contributed by atoms with Crippen molar-refractivity contribution in [1.82, 2.24) is 10.2 Å². The van der Waals surface area contributed by atoms with Gasteiger partial charge in [0.25, 0.3) is 11.8 Å². The van der Waals surface area contributed by atoms with Gasteiger partial charge in [0.05, 0.1) is 6.61 Å². The van der Waals surface area contributed by atoms with Crippen LogP contribution in [0.1, 0.15) is 37.0 Å². The highest BCUT2D eigenvalue weighted by atomic mass is 16.5. The number of carbonyl (C=O) groups is 2. The molecule has 1 aliphatic heterocycles. The molecule has 1 aromatic carbocycles. The van der Waals surface area contributed by atoms with Crippen LogP contribution >= 0.6 is 0 Å². The lowest BCUT2D eigenvalue weighted by Gasteiger charge is -2.23. The van der Waals surface area contributed by atoms with Crippen LogP contribution in [0.15, 0.2) is 24.3 Å². The topological polar surface area (TPSA) is 70.7 Å². The van der Waals surface area contributed by atoms with Crippen LogP contribution in [0.5, 0.6) is 0 Å². The highest BCUT2D eigenvalue weighted by Gasteiger charge is 2.22. The molecule has 132 valence electrons. The van der Waals surface area contributed by atoms with Gasteiger partial charge in [-0.05, 0) is 37.1 Å². The predicted octanol–water partition coefficient (Wildman–Crippen LogP) is 1.88. The van der Waals surface area contributed by atoms with E-state index in [2.05, 4.69) is 24.5 Å². The Hall–Kier alpha value is -1.92. The summed E-state index contributed by atoms with van der Waals surface area (Å²) in [4.78, 5) is 26.5. The molecule has 2 rings (SSSR count). The molecule has 24 heavy (non-hydrogen) atoms. The van der Waals surface area contributed by atoms with Crippen molar-refractivity contribution in [3.05, 3.63) is 29.8 Å². The number of rotatable bonds is 7. The molecule has 6 nitrogen and oxygen atoms in total. The number of benzene rings is 1. The highest BCUT2D eigenvalue weighted by Crippen LogP contribution is 2.13. The quantitative estimate of drug-likeness (QED) is 0.799. The standard InChI is InChI=1S/C18H27N3O3/c1-3-10-21(11-4-2)18(23)14-5-7-15(8-6-14)20-17(22)16-13-19-9-12-24-16/h5-8,16,19H,3-4,9-13H2,1-2H3,(H,20,22). The smallest absolute Gasteiger partial charge is 0.254 e. The number of nitrogens with zero attached hydrogens (tertiary/aromatic N) is 1. The average Bonchev–Trinajstić information content (AvgIpc) is 2.62. The van der Waals surface area contributed by atoms with Crippen molar-refractivity contribution in [3.63, 3.8) is 0 Å². The Bertz CT molecular complexity index is 533. The van der Waals surface area contributed by atoms with Gasteiger partial charge < -0.3 is 20.3 Å². The fourth-order valence-corrected chi connectivity index (χ4v) is 2.69. The monoisotopic (exact) mass is 333 g/mol. The van der Waals surface area contributed by atoms with Crippen LogP contribution in [0.3, 0.4) is 0 Å². The summed E-state index contributed by atoms with van der Waals surface area (Å²) in [7, 11) is 0. The van der Waals surface area contributed by atoms with E-state index < -0.39 is 6.10 Å². The lowest BCUT2D eigenvalue weighted by molar-refractivity contribution is -0.128. The lowest BCUT2D eigenvalue weighted by atomic mass is 10.1. The molecule has 0 spiro atoms. The maximum Gasteiger partial charge on any atom is 0.254 e. The Morgan fingerprint density at radius 2 is 1.88 bits per heavy atom. The van der Waals surface area contributed by atoms with Crippen LogP contribution in [0.4, 0.5) is 5.69 Å². The SMILES string of the molecule is CCCN(CCC)C(=O)c1ccc(NC(=O)C2CNCCO2)cc1. The molecule has 1 aromatic rings. The minimum atomic E-state index is -0.468. The van der Waals surface area contributed by atoms with E-state index in [0.717, 1.165) is 32.5 Å². The number of carbonyl (C=O) groups excluding carboxylic acids is 2. The molecule has 1 atom stereocenters. The van der Waals surface area contributed by atoms with Crippen molar-refractivity contribution >= 4 is 17.5 Å². The third-order valence-electron chi connectivity index (χ3n) is 3.89. The highest BCUT2D eigenvalue weighted by molar-refractivity contribution is 5.97. The molecule has 0 aromatic heterocycles. The fraction of sp³-hybridized carbons (Fsp3) is 0.556. The van der Waals surface area contributed by atoms with Crippen molar-refractivity contribution in [2.75, 3.05) is 38.1 Å². The number of hydrogen-bond donors (Lipinski definition) is 2. The Morgan fingerprint density at radius 1 is 1.21 bits per heavy atom. The van der Waals surface area contributed by atoms with Gasteiger partial charge in [-0.25, -0.2) is 0 Å². The van der Waals surface area contributed by atoms with Crippen molar-refractivity contribution < 1.29 is 14.3 Å². The zero-order valence-corrected chi connectivity index (χ0v) is 14.5. The van der Waals surface area contributed by atoms with Crippen LogP contribution in [-0.2, 0) is 9.53 Å². The minimum Gasteiger partial charge on any atom is -0.366 e. The largest absolute Gasteiger partial charge is 0.366 e. The number of nitrogens with one attached hydrogen (secondary N) is 2. The van der Waals surface area contributed by atoms with Crippen LogP contribution < -0.4 is 10.6 Å². The van der Waals surface area contributed by atoms with Gasteiger partial charge in [-0.3, -0.25) is 9.59 Å². The van der Waals surface area contributed by atoms with Gasteiger partial charge >= 0.3 is 0 Å². The van der Waals surface area contributed by atoms with Crippen LogP contribution in [0, 0.1) is 0 Å². The molecule has 1 fully saturated rings. The number of anilines is 1. The number of hydrogen-bond acceptors (Lipinski definition) is 4. The molecular weight excluding hydrogens is 306 g/mol. The van der Waals surface area contributed by atoms with Crippen molar-refractivity contribution in [2.24, 2.45) is 0 Å². The molecule has 0 bridgehead atoms. The fourth-order valence-electron chi connectivity index (χ4n) is 2.69. The molecule has 1 heterocycles. The molecule has 1 unspecified atom stereocenters. The maximum atomic E-state index is 12.5. The van der Waals surface area contributed by atoms with E-state index in [1.165, 1.54) is 0 Å². The van der Waals surface area contributed by atoms with Crippen LogP contribution in [-0.4, -0.2) is 55.6 Å².